The number of hydrogen-bond donors (Lipinski definition) is 0. The molecule has 0 aromatic heterocycles. The number of fused-ring (bicyclic) bond motifs is 1. The smallest absolute Gasteiger partial charge is 0.252 e. The quantitative estimate of drug-likeness (QED) is 0.676. The minimum atomic E-state index is -3.14. The summed E-state index contributed by atoms with van der Waals surface area (Å²) in [5.74, 6) is -0.208. The van der Waals surface area contributed by atoms with E-state index in [1.807, 2.05) is 31.2 Å². The summed E-state index contributed by atoms with van der Waals surface area (Å²) in [5, 5.41) is 1.17. The van der Waals surface area contributed by atoms with Crippen molar-refractivity contribution in [2.24, 2.45) is 4.99 Å². The lowest BCUT2D eigenvalue weighted by Crippen LogP contribution is -2.38. The van der Waals surface area contributed by atoms with Crippen LogP contribution in [0.5, 0.6) is 0 Å². The summed E-state index contributed by atoms with van der Waals surface area (Å²) in [5.41, 5.74) is 2.57. The molecule has 29 heavy (non-hydrogen) atoms. The predicted molar refractivity (Wildman–Crippen MR) is 120 cm³/mol. The number of rotatable bonds is 3. The zero-order valence-corrected chi connectivity index (χ0v) is 18.7. The van der Waals surface area contributed by atoms with Crippen LogP contribution in [-0.2, 0) is 21.1 Å². The fraction of sp³-hybridized carbons (Fsp3) is 0.300. The van der Waals surface area contributed by atoms with Crippen LogP contribution in [0.4, 0.5) is 5.69 Å². The number of carbonyl (C=O) groups excluding carboxylic acids is 1. The van der Waals surface area contributed by atoms with Gasteiger partial charge in [0.15, 0.2) is 15.0 Å². The van der Waals surface area contributed by atoms with Gasteiger partial charge in [-0.15, -0.1) is 0 Å². The first kappa shape index (κ1) is 20.7. The first-order valence-electron chi connectivity index (χ1n) is 9.00. The molecule has 0 saturated carbocycles. The lowest BCUT2D eigenvalue weighted by molar-refractivity contribution is -0.117. The number of amides is 1. The molecule has 2 atom stereocenters. The molecule has 0 radical (unpaired) electrons. The van der Waals surface area contributed by atoms with Crippen LogP contribution in [-0.4, -0.2) is 42.3 Å². The third-order valence-electron chi connectivity index (χ3n) is 4.89. The number of sulfone groups is 1. The van der Waals surface area contributed by atoms with Gasteiger partial charge in [0, 0.05) is 10.3 Å². The van der Waals surface area contributed by atoms with Crippen molar-refractivity contribution in [2.45, 2.75) is 24.6 Å². The van der Waals surface area contributed by atoms with Crippen molar-refractivity contribution in [1.29, 1.82) is 0 Å². The van der Waals surface area contributed by atoms with Gasteiger partial charge in [-0.1, -0.05) is 64.8 Å². The second-order valence-electron chi connectivity index (χ2n) is 7.22. The zero-order chi connectivity index (χ0) is 20.8. The normalized spacial score (nSPS) is 24.1. The van der Waals surface area contributed by atoms with Gasteiger partial charge in [-0.25, -0.2) is 8.42 Å². The molecule has 0 spiro atoms. The van der Waals surface area contributed by atoms with E-state index in [0.717, 1.165) is 11.1 Å². The second kappa shape index (κ2) is 7.95. The summed E-state index contributed by atoms with van der Waals surface area (Å²) < 4.78 is 24.3. The Morgan fingerprint density at radius 1 is 1.21 bits per heavy atom. The Labute approximate surface area is 184 Å². The maximum atomic E-state index is 12.6. The highest BCUT2D eigenvalue weighted by Crippen LogP contribution is 2.43. The van der Waals surface area contributed by atoms with Crippen LogP contribution >= 0.6 is 35.0 Å². The molecule has 9 heteroatoms. The molecule has 1 amide bonds. The molecule has 2 heterocycles. The molecule has 2 aromatic carbocycles. The van der Waals surface area contributed by atoms with E-state index < -0.39 is 9.84 Å². The number of aryl methyl sites for hydroxylation is 1. The Kier molecular flexibility index (Phi) is 5.68. The third-order valence-corrected chi connectivity index (χ3v) is 8.64. The van der Waals surface area contributed by atoms with Crippen LogP contribution in [0, 0.1) is 6.92 Å². The van der Waals surface area contributed by atoms with Gasteiger partial charge >= 0.3 is 0 Å². The van der Waals surface area contributed by atoms with Gasteiger partial charge in [-0.2, -0.15) is 4.99 Å². The van der Waals surface area contributed by atoms with Crippen molar-refractivity contribution in [3.8, 4) is 0 Å². The number of carbonyl (C=O) groups is 1. The number of amidine groups is 1. The summed E-state index contributed by atoms with van der Waals surface area (Å²) in [7, 11) is -3.14. The van der Waals surface area contributed by atoms with Crippen molar-refractivity contribution in [1.82, 2.24) is 0 Å². The second-order valence-corrected chi connectivity index (χ2v) is 11.4. The van der Waals surface area contributed by atoms with Crippen LogP contribution in [0.25, 0.3) is 0 Å². The van der Waals surface area contributed by atoms with Crippen LogP contribution in [0.3, 0.4) is 0 Å². The van der Waals surface area contributed by atoms with E-state index in [-0.39, 0.29) is 35.1 Å². The first-order chi connectivity index (χ1) is 13.7. The van der Waals surface area contributed by atoms with Crippen molar-refractivity contribution >= 4 is 61.6 Å². The van der Waals surface area contributed by atoms with Crippen LogP contribution in [0.15, 0.2) is 47.5 Å². The summed E-state index contributed by atoms with van der Waals surface area (Å²) in [4.78, 5) is 18.8. The monoisotopic (exact) mass is 468 g/mol. The Morgan fingerprint density at radius 3 is 2.72 bits per heavy atom. The molecular formula is C20H18Cl2N2O3S2. The van der Waals surface area contributed by atoms with E-state index in [9.17, 15) is 13.2 Å². The number of thioether (sulfide) groups is 1. The molecule has 2 aromatic rings. The lowest BCUT2D eigenvalue weighted by Gasteiger charge is -2.25. The van der Waals surface area contributed by atoms with Crippen LogP contribution in [0.1, 0.15) is 11.1 Å². The molecule has 2 fully saturated rings. The fourth-order valence-electron chi connectivity index (χ4n) is 3.67. The molecule has 0 bridgehead atoms. The first-order valence-corrected chi connectivity index (χ1v) is 12.5. The number of halogens is 2. The minimum absolute atomic E-state index is 0.00864. The van der Waals surface area contributed by atoms with Crippen molar-refractivity contribution in [2.75, 3.05) is 16.4 Å². The van der Waals surface area contributed by atoms with Gasteiger partial charge < -0.3 is 4.90 Å². The molecule has 2 unspecified atom stereocenters. The number of hydrogen-bond acceptors (Lipinski definition) is 4. The maximum Gasteiger partial charge on any atom is 0.252 e. The highest BCUT2D eigenvalue weighted by atomic mass is 35.5. The number of nitrogens with zero attached hydrogens (tertiary/aromatic N) is 2. The topological polar surface area (TPSA) is 66.8 Å². The number of aliphatic imine (C=N–C) groups is 1. The summed E-state index contributed by atoms with van der Waals surface area (Å²) >= 11 is 13.7. The Bertz CT molecular complexity index is 1120. The van der Waals surface area contributed by atoms with Crippen LogP contribution < -0.4 is 4.90 Å². The Balaban J connectivity index is 1.67. The van der Waals surface area contributed by atoms with E-state index in [2.05, 4.69) is 4.99 Å². The number of anilines is 1. The SMILES string of the molecule is Cc1cccc(CC(=O)N=C2SC3CS(=O)(=O)CC3N2c2ccc(Cl)cc2Cl)c1. The van der Waals surface area contributed by atoms with Gasteiger partial charge in [-0.05, 0) is 30.7 Å². The maximum absolute atomic E-state index is 12.6. The number of benzene rings is 2. The fourth-order valence-corrected chi connectivity index (χ4v) is 8.09. The molecule has 5 nitrogen and oxygen atoms in total. The van der Waals surface area contributed by atoms with Gasteiger partial charge in [0.05, 0.1) is 34.7 Å². The third kappa shape index (κ3) is 4.48. The molecule has 2 aliphatic rings. The molecular weight excluding hydrogens is 451 g/mol. The highest BCUT2D eigenvalue weighted by Gasteiger charge is 2.49. The average Bonchev–Trinajstić information content (AvgIpc) is 3.06. The summed E-state index contributed by atoms with van der Waals surface area (Å²) in [6.45, 7) is 1.97. The Morgan fingerprint density at radius 2 is 2.00 bits per heavy atom. The van der Waals surface area contributed by atoms with E-state index in [0.29, 0.717) is 20.9 Å². The van der Waals surface area contributed by atoms with E-state index in [4.69, 9.17) is 23.2 Å². The van der Waals surface area contributed by atoms with E-state index >= 15 is 0 Å². The summed E-state index contributed by atoms with van der Waals surface area (Å²) in [6.07, 6.45) is 0.182. The van der Waals surface area contributed by atoms with Crippen molar-refractivity contribution < 1.29 is 13.2 Å². The Hall–Kier alpha value is -1.54. The largest absolute Gasteiger partial charge is 0.314 e. The van der Waals surface area contributed by atoms with Crippen LogP contribution in [0.2, 0.25) is 10.0 Å². The molecule has 2 aliphatic heterocycles. The molecule has 152 valence electrons. The average molecular weight is 469 g/mol. The summed E-state index contributed by atoms with van der Waals surface area (Å²) in [6, 6.07) is 12.4. The lowest BCUT2D eigenvalue weighted by atomic mass is 10.1. The predicted octanol–water partition coefficient (Wildman–Crippen LogP) is 4.15. The van der Waals surface area contributed by atoms with Crippen molar-refractivity contribution in [3.05, 3.63) is 63.6 Å². The standard InChI is InChI=1S/C20H18Cl2N2O3S2/c1-12-3-2-4-13(7-12)8-19(25)23-20-24(16-6-5-14(21)9-15(16)22)17-10-29(26,27)11-18(17)28-20/h2-7,9,17-18H,8,10-11H2,1H3. The molecule has 4 rings (SSSR count). The van der Waals surface area contributed by atoms with Gasteiger partial charge in [0.25, 0.3) is 5.91 Å². The van der Waals surface area contributed by atoms with Gasteiger partial charge in [0.2, 0.25) is 0 Å². The van der Waals surface area contributed by atoms with E-state index in [1.54, 1.807) is 23.1 Å². The molecule has 0 N–H and O–H groups in total. The minimum Gasteiger partial charge on any atom is -0.314 e. The highest BCUT2D eigenvalue weighted by molar-refractivity contribution is 8.16. The van der Waals surface area contributed by atoms with Gasteiger partial charge in [-0.3, -0.25) is 4.79 Å². The molecule has 0 aliphatic carbocycles. The van der Waals surface area contributed by atoms with E-state index in [1.165, 1.54) is 11.8 Å². The molecule has 2 saturated heterocycles. The zero-order valence-electron chi connectivity index (χ0n) is 15.5. The van der Waals surface area contributed by atoms with Crippen molar-refractivity contribution in [3.63, 3.8) is 0 Å². The van der Waals surface area contributed by atoms with Gasteiger partial charge in [0.1, 0.15) is 0 Å².